The Balaban J connectivity index is 1.53. The molecule has 182 valence electrons. The highest BCUT2D eigenvalue weighted by atomic mass is 35.5. The predicted molar refractivity (Wildman–Crippen MR) is 140 cm³/mol. The van der Waals surface area contributed by atoms with Gasteiger partial charge in [0.25, 0.3) is 11.8 Å². The van der Waals surface area contributed by atoms with Crippen molar-refractivity contribution < 1.29 is 14.3 Å². The summed E-state index contributed by atoms with van der Waals surface area (Å²) < 4.78 is 5.77. The summed E-state index contributed by atoms with van der Waals surface area (Å²) in [5, 5.41) is 7.94. The number of hydrogen-bond donors (Lipinski definition) is 2. The van der Waals surface area contributed by atoms with Crippen molar-refractivity contribution in [2.75, 3.05) is 0 Å². The molecule has 0 aliphatic heterocycles. The molecule has 0 fully saturated rings. The van der Waals surface area contributed by atoms with E-state index in [1.807, 2.05) is 51.1 Å². The Morgan fingerprint density at radius 1 is 1.00 bits per heavy atom. The van der Waals surface area contributed by atoms with Gasteiger partial charge in [-0.25, -0.2) is 5.43 Å². The summed E-state index contributed by atoms with van der Waals surface area (Å²) in [4.78, 5) is 25.2. The fourth-order valence-corrected chi connectivity index (χ4v) is 3.62. The molecule has 0 radical (unpaired) electrons. The highest BCUT2D eigenvalue weighted by molar-refractivity contribution is 6.35. The van der Waals surface area contributed by atoms with E-state index in [0.29, 0.717) is 28.0 Å². The Labute approximate surface area is 215 Å². The van der Waals surface area contributed by atoms with Crippen LogP contribution in [0.2, 0.25) is 10.0 Å². The van der Waals surface area contributed by atoms with Gasteiger partial charge in [-0.15, -0.1) is 0 Å². The van der Waals surface area contributed by atoms with Gasteiger partial charge >= 0.3 is 0 Å². The third-order valence-corrected chi connectivity index (χ3v) is 5.81. The number of carbonyl (C=O) groups excluding carboxylic acids is 2. The monoisotopic (exact) mass is 511 g/mol. The first-order valence-electron chi connectivity index (χ1n) is 11.1. The van der Waals surface area contributed by atoms with Gasteiger partial charge in [0.2, 0.25) is 0 Å². The van der Waals surface area contributed by atoms with Gasteiger partial charge in [0.1, 0.15) is 18.4 Å². The SMILES string of the molecule is Cc1ccc(C(=O)NC(C(=O)N/N=C/c2ccc(OCc3ccc(Cl)cc3Cl)cc2)C(C)C)cc1. The molecule has 0 aliphatic carbocycles. The van der Waals surface area contributed by atoms with Gasteiger partial charge in [-0.1, -0.05) is 60.8 Å². The number of benzene rings is 3. The van der Waals surface area contributed by atoms with Crippen molar-refractivity contribution in [3.05, 3.63) is 99.0 Å². The summed E-state index contributed by atoms with van der Waals surface area (Å²) in [6.07, 6.45) is 1.52. The molecular formula is C27H27Cl2N3O3. The van der Waals surface area contributed by atoms with E-state index >= 15 is 0 Å². The van der Waals surface area contributed by atoms with Crippen LogP contribution >= 0.6 is 23.2 Å². The number of carbonyl (C=O) groups is 2. The Hall–Kier alpha value is -3.35. The molecule has 0 aliphatic rings. The van der Waals surface area contributed by atoms with E-state index in [1.165, 1.54) is 6.21 Å². The molecule has 2 amide bonds. The van der Waals surface area contributed by atoms with E-state index in [4.69, 9.17) is 27.9 Å². The predicted octanol–water partition coefficient (Wildman–Crippen LogP) is 5.79. The summed E-state index contributed by atoms with van der Waals surface area (Å²) in [7, 11) is 0. The van der Waals surface area contributed by atoms with Gasteiger partial charge < -0.3 is 10.1 Å². The standard InChI is InChI=1S/C27H27Cl2N3O3/c1-17(2)25(31-26(33)20-8-4-18(3)5-9-20)27(34)32-30-15-19-6-12-23(13-7-19)35-16-21-10-11-22(28)14-24(21)29/h4-15,17,25H,16H2,1-3H3,(H,31,33)(H,32,34)/b30-15+. The lowest BCUT2D eigenvalue weighted by Crippen LogP contribution is -2.48. The van der Waals surface area contributed by atoms with Gasteiger partial charge in [-0.3, -0.25) is 9.59 Å². The van der Waals surface area contributed by atoms with Crippen molar-refractivity contribution in [2.24, 2.45) is 11.0 Å². The second kappa shape index (κ2) is 12.4. The van der Waals surface area contributed by atoms with Crippen molar-refractivity contribution in [1.82, 2.24) is 10.7 Å². The molecule has 8 heteroatoms. The molecule has 0 bridgehead atoms. The number of nitrogens with zero attached hydrogens (tertiary/aromatic N) is 1. The summed E-state index contributed by atoms with van der Waals surface area (Å²) in [5.74, 6) is -0.157. The van der Waals surface area contributed by atoms with Crippen LogP contribution in [0.3, 0.4) is 0 Å². The van der Waals surface area contributed by atoms with Gasteiger partial charge in [0, 0.05) is 21.2 Å². The van der Waals surface area contributed by atoms with Gasteiger partial charge in [-0.2, -0.15) is 5.10 Å². The zero-order chi connectivity index (χ0) is 25.4. The molecule has 3 rings (SSSR count). The maximum Gasteiger partial charge on any atom is 0.262 e. The molecule has 0 saturated carbocycles. The van der Waals surface area contributed by atoms with Crippen LogP contribution in [-0.2, 0) is 11.4 Å². The first-order valence-corrected chi connectivity index (χ1v) is 11.9. The van der Waals surface area contributed by atoms with E-state index < -0.39 is 11.9 Å². The minimum absolute atomic E-state index is 0.120. The van der Waals surface area contributed by atoms with Gasteiger partial charge in [0.15, 0.2) is 0 Å². The fourth-order valence-electron chi connectivity index (χ4n) is 3.15. The molecule has 1 atom stereocenters. The van der Waals surface area contributed by atoms with Crippen LogP contribution in [0.1, 0.15) is 40.9 Å². The van der Waals surface area contributed by atoms with Crippen LogP contribution < -0.4 is 15.5 Å². The van der Waals surface area contributed by atoms with Crippen molar-refractivity contribution in [3.63, 3.8) is 0 Å². The Morgan fingerprint density at radius 3 is 2.31 bits per heavy atom. The highest BCUT2D eigenvalue weighted by Gasteiger charge is 2.24. The van der Waals surface area contributed by atoms with Gasteiger partial charge in [0.05, 0.1) is 6.21 Å². The van der Waals surface area contributed by atoms with Crippen LogP contribution in [0.25, 0.3) is 0 Å². The third kappa shape index (κ3) is 7.84. The van der Waals surface area contributed by atoms with Crippen molar-refractivity contribution >= 4 is 41.2 Å². The van der Waals surface area contributed by atoms with Crippen LogP contribution in [-0.4, -0.2) is 24.1 Å². The highest BCUT2D eigenvalue weighted by Crippen LogP contribution is 2.22. The van der Waals surface area contributed by atoms with Crippen molar-refractivity contribution in [1.29, 1.82) is 0 Å². The van der Waals surface area contributed by atoms with Crippen molar-refractivity contribution in [3.8, 4) is 5.75 Å². The average Bonchev–Trinajstić information content (AvgIpc) is 2.83. The number of aryl methyl sites for hydroxylation is 1. The first-order chi connectivity index (χ1) is 16.7. The Bertz CT molecular complexity index is 1190. The molecule has 2 N–H and O–H groups in total. The second-order valence-corrected chi connectivity index (χ2v) is 9.23. The molecule has 0 saturated heterocycles. The molecule has 0 spiro atoms. The van der Waals surface area contributed by atoms with E-state index in [1.54, 1.807) is 36.4 Å². The smallest absolute Gasteiger partial charge is 0.262 e. The van der Waals surface area contributed by atoms with Gasteiger partial charge in [-0.05, 0) is 66.9 Å². The fraction of sp³-hybridized carbons (Fsp3) is 0.222. The number of nitrogens with one attached hydrogen (secondary N) is 2. The second-order valence-electron chi connectivity index (χ2n) is 8.39. The lowest BCUT2D eigenvalue weighted by molar-refractivity contribution is -0.123. The van der Waals surface area contributed by atoms with E-state index in [2.05, 4.69) is 15.8 Å². The topological polar surface area (TPSA) is 79.8 Å². The quantitative estimate of drug-likeness (QED) is 0.282. The Morgan fingerprint density at radius 2 is 1.69 bits per heavy atom. The average molecular weight is 512 g/mol. The number of hydrogen-bond acceptors (Lipinski definition) is 4. The summed E-state index contributed by atoms with van der Waals surface area (Å²) in [6.45, 7) is 5.98. The molecule has 3 aromatic rings. The zero-order valence-corrected chi connectivity index (χ0v) is 21.2. The normalized spacial score (nSPS) is 11.9. The molecular weight excluding hydrogens is 485 g/mol. The van der Waals surface area contributed by atoms with E-state index in [-0.39, 0.29) is 11.8 Å². The lowest BCUT2D eigenvalue weighted by Gasteiger charge is -2.20. The maximum atomic E-state index is 12.6. The van der Waals surface area contributed by atoms with Crippen LogP contribution in [0.15, 0.2) is 71.8 Å². The molecule has 0 aromatic heterocycles. The number of halogens is 2. The van der Waals surface area contributed by atoms with Crippen LogP contribution in [0.5, 0.6) is 5.75 Å². The minimum atomic E-state index is -0.726. The largest absolute Gasteiger partial charge is 0.489 e. The van der Waals surface area contributed by atoms with Crippen molar-refractivity contribution in [2.45, 2.75) is 33.4 Å². The molecule has 1 unspecified atom stereocenters. The third-order valence-electron chi connectivity index (χ3n) is 5.23. The molecule has 6 nitrogen and oxygen atoms in total. The molecule has 35 heavy (non-hydrogen) atoms. The van der Waals surface area contributed by atoms with E-state index in [9.17, 15) is 9.59 Å². The van der Waals surface area contributed by atoms with E-state index in [0.717, 1.165) is 16.7 Å². The molecule has 3 aromatic carbocycles. The molecule has 0 heterocycles. The summed E-state index contributed by atoms with van der Waals surface area (Å²) >= 11 is 12.1. The number of hydrazone groups is 1. The summed E-state index contributed by atoms with van der Waals surface area (Å²) in [6, 6.07) is 18.9. The number of ether oxygens (including phenoxy) is 1. The zero-order valence-electron chi connectivity index (χ0n) is 19.7. The minimum Gasteiger partial charge on any atom is -0.489 e. The van der Waals surface area contributed by atoms with Crippen LogP contribution in [0.4, 0.5) is 0 Å². The number of rotatable bonds is 9. The number of amides is 2. The first kappa shape index (κ1) is 26.3. The lowest BCUT2D eigenvalue weighted by atomic mass is 10.0. The van der Waals surface area contributed by atoms with Crippen LogP contribution in [0, 0.1) is 12.8 Å². The Kier molecular flexibility index (Phi) is 9.29. The maximum absolute atomic E-state index is 12.6. The summed E-state index contributed by atoms with van der Waals surface area (Å²) in [5.41, 5.74) is 5.67.